The maximum Gasteiger partial charge on any atom is 0.159 e. The van der Waals surface area contributed by atoms with Gasteiger partial charge in [-0.05, 0) is 37.2 Å². The normalized spacial score (nSPS) is 19.0. The van der Waals surface area contributed by atoms with Crippen LogP contribution in [0.5, 0.6) is 0 Å². The third kappa shape index (κ3) is 3.61. The van der Waals surface area contributed by atoms with E-state index in [0.717, 1.165) is 28.9 Å². The molecule has 5 heteroatoms. The van der Waals surface area contributed by atoms with Gasteiger partial charge in [0.2, 0.25) is 0 Å². The monoisotopic (exact) mass is 269 g/mol. The zero-order chi connectivity index (χ0) is 12.1. The van der Waals surface area contributed by atoms with Crippen molar-refractivity contribution in [3.05, 3.63) is 28.2 Å². The van der Waals surface area contributed by atoms with Crippen LogP contribution in [0.15, 0.2) is 24.3 Å². The van der Waals surface area contributed by atoms with Crippen LogP contribution in [0.3, 0.4) is 0 Å². The molecule has 2 heterocycles. The minimum absolute atomic E-state index is 0.153. The molecule has 1 saturated heterocycles. The predicted molar refractivity (Wildman–Crippen MR) is 73.1 cm³/mol. The van der Waals surface area contributed by atoms with E-state index in [2.05, 4.69) is 11.1 Å². The fraction of sp³-hybridized carbons (Fsp3) is 0.417. The van der Waals surface area contributed by atoms with Gasteiger partial charge in [0, 0.05) is 6.61 Å². The second-order valence-corrected chi connectivity index (χ2v) is 5.55. The number of ether oxygens (including phenoxy) is 1. The van der Waals surface area contributed by atoms with E-state index in [4.69, 9.17) is 22.1 Å². The van der Waals surface area contributed by atoms with Crippen LogP contribution >= 0.6 is 23.6 Å². The Morgan fingerprint density at radius 2 is 2.29 bits per heavy atom. The molecule has 92 valence electrons. The van der Waals surface area contributed by atoms with Crippen molar-refractivity contribution in [2.45, 2.75) is 18.9 Å². The number of aliphatic hydroxyl groups is 1. The molecule has 17 heavy (non-hydrogen) atoms. The summed E-state index contributed by atoms with van der Waals surface area (Å²) in [5.74, 6) is 0. The molecule has 1 atom stereocenters. The second-order valence-electron chi connectivity index (χ2n) is 3.83. The Labute approximate surface area is 109 Å². The summed E-state index contributed by atoms with van der Waals surface area (Å²) < 4.78 is 7.13. The highest BCUT2D eigenvalue weighted by Crippen LogP contribution is 2.17. The number of hydrogen-bond acceptors (Lipinski definition) is 4. The fourth-order valence-electron chi connectivity index (χ4n) is 1.68. The van der Waals surface area contributed by atoms with E-state index in [1.807, 2.05) is 18.2 Å². The highest BCUT2D eigenvalue weighted by molar-refractivity contribution is 7.73. The molecular formula is C12H15NO2S2. The number of hydrogen-bond donors (Lipinski definition) is 2. The summed E-state index contributed by atoms with van der Waals surface area (Å²) in [5.41, 5.74) is 1.14. The molecule has 0 saturated carbocycles. The molecule has 1 aromatic heterocycles. The number of fused-ring (bicyclic) bond motifs is 1. The lowest BCUT2D eigenvalue weighted by molar-refractivity contribution is 0.0591. The van der Waals surface area contributed by atoms with Crippen LogP contribution in [0.25, 0.3) is 10.2 Å². The SMILES string of the molecule is OCC1CCCO1.S=c1[nH]c2ccccc2s1. The van der Waals surface area contributed by atoms with Gasteiger partial charge in [-0.25, -0.2) is 0 Å². The highest BCUT2D eigenvalue weighted by Gasteiger charge is 2.12. The van der Waals surface area contributed by atoms with Gasteiger partial charge in [-0.1, -0.05) is 12.1 Å². The van der Waals surface area contributed by atoms with Crippen LogP contribution < -0.4 is 0 Å². The first-order valence-electron chi connectivity index (χ1n) is 5.60. The van der Waals surface area contributed by atoms with E-state index in [1.54, 1.807) is 11.3 Å². The van der Waals surface area contributed by atoms with Gasteiger partial charge in [-0.15, -0.1) is 11.3 Å². The molecule has 1 unspecified atom stereocenters. The molecule has 1 fully saturated rings. The summed E-state index contributed by atoms with van der Waals surface area (Å²) in [7, 11) is 0. The van der Waals surface area contributed by atoms with Gasteiger partial charge in [0.15, 0.2) is 3.95 Å². The molecule has 1 aliphatic rings. The summed E-state index contributed by atoms with van der Waals surface area (Å²) in [6, 6.07) is 8.11. The number of thiazole rings is 1. The minimum Gasteiger partial charge on any atom is -0.394 e. The molecule has 3 rings (SSSR count). The van der Waals surface area contributed by atoms with Crippen molar-refractivity contribution in [1.29, 1.82) is 0 Å². The molecule has 1 aliphatic heterocycles. The number of rotatable bonds is 1. The number of aliphatic hydroxyl groups excluding tert-OH is 1. The van der Waals surface area contributed by atoms with Gasteiger partial charge >= 0.3 is 0 Å². The van der Waals surface area contributed by atoms with Crippen molar-refractivity contribution in [2.75, 3.05) is 13.2 Å². The van der Waals surface area contributed by atoms with E-state index in [1.165, 1.54) is 4.70 Å². The lowest BCUT2D eigenvalue weighted by Crippen LogP contribution is -2.09. The van der Waals surface area contributed by atoms with Crippen molar-refractivity contribution in [3.63, 3.8) is 0 Å². The number of H-pyrrole nitrogens is 1. The quantitative estimate of drug-likeness (QED) is 0.782. The highest BCUT2D eigenvalue weighted by atomic mass is 32.1. The summed E-state index contributed by atoms with van der Waals surface area (Å²) >= 11 is 6.59. The molecule has 0 radical (unpaired) electrons. The Morgan fingerprint density at radius 3 is 2.88 bits per heavy atom. The van der Waals surface area contributed by atoms with Crippen LogP contribution in [0.4, 0.5) is 0 Å². The molecule has 0 amide bonds. The predicted octanol–water partition coefficient (Wildman–Crippen LogP) is 3.12. The minimum atomic E-state index is 0.153. The number of aromatic amines is 1. The Morgan fingerprint density at radius 1 is 1.47 bits per heavy atom. The van der Waals surface area contributed by atoms with Crippen molar-refractivity contribution < 1.29 is 9.84 Å². The number of nitrogens with one attached hydrogen (secondary N) is 1. The summed E-state index contributed by atoms with van der Waals surface area (Å²) in [6.07, 6.45) is 2.31. The fourth-order valence-corrected chi connectivity index (χ4v) is 2.80. The van der Waals surface area contributed by atoms with Gasteiger partial charge in [0.05, 0.1) is 22.9 Å². The van der Waals surface area contributed by atoms with E-state index in [9.17, 15) is 0 Å². The van der Waals surface area contributed by atoms with Crippen molar-refractivity contribution >= 4 is 33.8 Å². The first-order valence-corrected chi connectivity index (χ1v) is 6.82. The molecule has 2 N–H and O–H groups in total. The van der Waals surface area contributed by atoms with Gasteiger partial charge in [0.1, 0.15) is 0 Å². The lowest BCUT2D eigenvalue weighted by Gasteiger charge is -2.00. The molecule has 2 aromatic rings. The molecule has 0 spiro atoms. The van der Waals surface area contributed by atoms with Gasteiger partial charge in [-0.2, -0.15) is 0 Å². The largest absolute Gasteiger partial charge is 0.394 e. The number of aromatic nitrogens is 1. The Bertz CT molecular complexity index is 478. The number of para-hydroxylation sites is 1. The van der Waals surface area contributed by atoms with Crippen LogP contribution in [-0.4, -0.2) is 29.4 Å². The zero-order valence-electron chi connectivity index (χ0n) is 9.39. The van der Waals surface area contributed by atoms with Crippen molar-refractivity contribution in [3.8, 4) is 0 Å². The zero-order valence-corrected chi connectivity index (χ0v) is 11.0. The van der Waals surface area contributed by atoms with Gasteiger partial charge in [0.25, 0.3) is 0 Å². The molecule has 0 aliphatic carbocycles. The van der Waals surface area contributed by atoms with E-state index in [0.29, 0.717) is 0 Å². The van der Waals surface area contributed by atoms with E-state index in [-0.39, 0.29) is 12.7 Å². The Kier molecular flexibility index (Phi) is 4.67. The summed E-state index contributed by atoms with van der Waals surface area (Å²) in [6.45, 7) is 1.03. The van der Waals surface area contributed by atoms with Crippen LogP contribution in [0, 0.1) is 3.95 Å². The Balaban J connectivity index is 0.000000136. The third-order valence-corrected chi connectivity index (χ3v) is 3.77. The van der Waals surface area contributed by atoms with Crippen molar-refractivity contribution in [1.82, 2.24) is 4.98 Å². The standard InChI is InChI=1S/C7H5NS2.C5H10O2/c9-7-8-5-3-1-2-4-6(5)10-7;6-4-5-2-1-3-7-5/h1-4H,(H,8,9);5-6H,1-4H2. The second kappa shape index (κ2) is 6.26. The maximum absolute atomic E-state index is 8.44. The average molecular weight is 269 g/mol. The Hall–Kier alpha value is -0.750. The summed E-state index contributed by atoms with van der Waals surface area (Å²) in [4.78, 5) is 3.09. The first-order chi connectivity index (χ1) is 8.29. The lowest BCUT2D eigenvalue weighted by atomic mass is 10.2. The van der Waals surface area contributed by atoms with Crippen LogP contribution in [0.1, 0.15) is 12.8 Å². The topological polar surface area (TPSA) is 45.2 Å². The third-order valence-electron chi connectivity index (χ3n) is 2.55. The summed E-state index contributed by atoms with van der Waals surface area (Å²) in [5, 5.41) is 8.44. The van der Waals surface area contributed by atoms with E-state index < -0.39 is 0 Å². The molecule has 0 bridgehead atoms. The van der Waals surface area contributed by atoms with Crippen LogP contribution in [-0.2, 0) is 4.74 Å². The van der Waals surface area contributed by atoms with Gasteiger partial charge < -0.3 is 14.8 Å². The smallest absolute Gasteiger partial charge is 0.159 e. The van der Waals surface area contributed by atoms with Crippen molar-refractivity contribution in [2.24, 2.45) is 0 Å². The van der Waals surface area contributed by atoms with E-state index >= 15 is 0 Å². The molecule has 1 aromatic carbocycles. The van der Waals surface area contributed by atoms with Gasteiger partial charge in [-0.3, -0.25) is 0 Å². The molecule has 3 nitrogen and oxygen atoms in total. The number of benzene rings is 1. The van der Waals surface area contributed by atoms with Crippen LogP contribution in [0.2, 0.25) is 0 Å². The maximum atomic E-state index is 8.44. The average Bonchev–Trinajstić information content (AvgIpc) is 2.96. The first kappa shape index (κ1) is 12.7. The molecular weight excluding hydrogens is 254 g/mol.